The number of fused-ring (bicyclic) bond motifs is 1. The van der Waals surface area contributed by atoms with Gasteiger partial charge in [-0.15, -0.1) is 0 Å². The summed E-state index contributed by atoms with van der Waals surface area (Å²) in [5, 5.41) is 0. The van der Waals surface area contributed by atoms with E-state index in [1.54, 1.807) is 25.7 Å². The summed E-state index contributed by atoms with van der Waals surface area (Å²) in [4.78, 5) is 24.3. The third-order valence-corrected chi connectivity index (χ3v) is 5.05. The highest BCUT2D eigenvalue weighted by molar-refractivity contribution is 6.14. The fourth-order valence-electron chi connectivity index (χ4n) is 3.59. The predicted molar refractivity (Wildman–Crippen MR) is 123 cm³/mol. The van der Waals surface area contributed by atoms with Crippen LogP contribution in [0.4, 0.5) is 0 Å². The molecule has 0 bridgehead atoms. The Bertz CT molecular complexity index is 1260. The second-order valence-corrected chi connectivity index (χ2v) is 7.44. The van der Waals surface area contributed by atoms with Crippen molar-refractivity contribution in [3.8, 4) is 22.6 Å². The second kappa shape index (κ2) is 8.44. The van der Waals surface area contributed by atoms with Gasteiger partial charge >= 0.3 is 0 Å². The molecule has 0 spiro atoms. The zero-order valence-electron chi connectivity index (χ0n) is 18.0. The molecule has 0 aliphatic carbocycles. The number of imidazole rings is 1. The van der Waals surface area contributed by atoms with Crippen LogP contribution in [0.1, 0.15) is 16.1 Å². The zero-order valence-corrected chi connectivity index (χ0v) is 18.0. The molecule has 6 nitrogen and oxygen atoms in total. The van der Waals surface area contributed by atoms with E-state index in [-0.39, 0.29) is 5.78 Å². The Balaban J connectivity index is 2.03. The molecule has 156 valence electrons. The van der Waals surface area contributed by atoms with Gasteiger partial charge in [0.15, 0.2) is 11.4 Å². The van der Waals surface area contributed by atoms with Gasteiger partial charge in [0, 0.05) is 37.6 Å². The number of aryl methyl sites for hydroxylation is 1. The van der Waals surface area contributed by atoms with Crippen LogP contribution in [0.2, 0.25) is 0 Å². The fourth-order valence-corrected chi connectivity index (χ4v) is 3.59. The van der Waals surface area contributed by atoms with Gasteiger partial charge in [-0.25, -0.2) is 9.97 Å². The lowest BCUT2D eigenvalue weighted by Gasteiger charge is -2.15. The third kappa shape index (κ3) is 3.92. The molecule has 0 radical (unpaired) electrons. The first-order valence-electron chi connectivity index (χ1n) is 9.96. The smallest absolute Gasteiger partial charge is 0.189 e. The van der Waals surface area contributed by atoms with E-state index < -0.39 is 0 Å². The van der Waals surface area contributed by atoms with Crippen LogP contribution in [-0.4, -0.2) is 46.4 Å². The number of hydrogen-bond acceptors (Lipinski definition) is 5. The molecule has 4 aromatic rings. The Morgan fingerprint density at radius 3 is 2.42 bits per heavy atom. The van der Waals surface area contributed by atoms with Crippen LogP contribution in [0.3, 0.4) is 0 Å². The van der Waals surface area contributed by atoms with Gasteiger partial charge in [-0.1, -0.05) is 30.3 Å². The number of methoxy groups -OCH3 is 1. The number of hydrogen-bond donors (Lipinski definition) is 0. The van der Waals surface area contributed by atoms with Crippen molar-refractivity contribution in [3.63, 3.8) is 0 Å². The van der Waals surface area contributed by atoms with E-state index in [0.29, 0.717) is 16.9 Å². The fraction of sp³-hybridized carbons (Fsp3) is 0.160. The molecule has 0 aliphatic rings. The number of carbonyl (C=O) groups excluding carboxylic acids is 1. The number of benzene rings is 2. The summed E-state index contributed by atoms with van der Waals surface area (Å²) in [6.07, 6.45) is 5.08. The molecule has 6 heteroatoms. The molecule has 4 rings (SSSR count). The van der Waals surface area contributed by atoms with Crippen molar-refractivity contribution in [3.05, 3.63) is 84.5 Å². The van der Waals surface area contributed by atoms with E-state index in [0.717, 1.165) is 28.1 Å². The van der Waals surface area contributed by atoms with E-state index in [1.165, 1.54) is 0 Å². The maximum Gasteiger partial charge on any atom is 0.189 e. The largest absolute Gasteiger partial charge is 0.497 e. The Hall–Kier alpha value is -3.93. The van der Waals surface area contributed by atoms with Gasteiger partial charge in [0.1, 0.15) is 17.6 Å². The van der Waals surface area contributed by atoms with Crippen molar-refractivity contribution < 1.29 is 9.53 Å². The highest BCUT2D eigenvalue weighted by Gasteiger charge is 2.22. The molecule has 2 aromatic carbocycles. The molecule has 0 N–H and O–H groups in total. The van der Waals surface area contributed by atoms with Gasteiger partial charge in [0.25, 0.3) is 0 Å². The van der Waals surface area contributed by atoms with Crippen molar-refractivity contribution >= 4 is 16.9 Å². The normalized spacial score (nSPS) is 11.2. The molecule has 0 amide bonds. The van der Waals surface area contributed by atoms with Gasteiger partial charge in [-0.2, -0.15) is 0 Å². The van der Waals surface area contributed by atoms with Crippen LogP contribution in [0, 0.1) is 6.92 Å². The third-order valence-electron chi connectivity index (χ3n) is 5.05. The van der Waals surface area contributed by atoms with Gasteiger partial charge in [-0.3, -0.25) is 9.36 Å². The Kier molecular flexibility index (Phi) is 5.54. The van der Waals surface area contributed by atoms with Crippen LogP contribution < -0.4 is 4.74 Å². The number of allylic oxidation sites excluding steroid dienone is 1. The maximum atomic E-state index is 13.3. The second-order valence-electron chi connectivity index (χ2n) is 7.44. The maximum absolute atomic E-state index is 13.3. The lowest BCUT2D eigenvalue weighted by molar-refractivity contribution is 0.104. The molecule has 0 saturated heterocycles. The summed E-state index contributed by atoms with van der Waals surface area (Å²) in [6.45, 7) is 1.86. The summed E-state index contributed by atoms with van der Waals surface area (Å²) in [5.41, 5.74) is 5.30. The van der Waals surface area contributed by atoms with Crippen LogP contribution in [0.25, 0.3) is 28.0 Å². The average molecular weight is 412 g/mol. The number of pyridine rings is 1. The number of aromatic nitrogens is 3. The van der Waals surface area contributed by atoms with Crippen LogP contribution in [-0.2, 0) is 0 Å². The Labute approximate surface area is 181 Å². The highest BCUT2D eigenvalue weighted by atomic mass is 16.5. The molecule has 0 fully saturated rings. The van der Waals surface area contributed by atoms with Crippen LogP contribution in [0.5, 0.6) is 5.75 Å². The summed E-state index contributed by atoms with van der Waals surface area (Å²) in [5.74, 6) is 0.678. The Morgan fingerprint density at radius 1 is 1.06 bits per heavy atom. The molecule has 2 heterocycles. The number of ether oxygens (including phenoxy) is 1. The molecular formula is C25H24N4O2. The van der Waals surface area contributed by atoms with Crippen molar-refractivity contribution in [2.24, 2.45) is 0 Å². The van der Waals surface area contributed by atoms with E-state index in [2.05, 4.69) is 9.97 Å². The first-order chi connectivity index (χ1) is 15.0. The lowest BCUT2D eigenvalue weighted by atomic mass is 9.95. The van der Waals surface area contributed by atoms with Gasteiger partial charge in [0.05, 0.1) is 18.4 Å². The molecular weight excluding hydrogens is 388 g/mol. The summed E-state index contributed by atoms with van der Waals surface area (Å²) >= 11 is 0. The molecule has 0 atom stereocenters. The van der Waals surface area contributed by atoms with E-state index in [1.807, 2.05) is 85.1 Å². The number of rotatable bonds is 6. The summed E-state index contributed by atoms with van der Waals surface area (Å²) in [6, 6.07) is 17.6. The van der Waals surface area contributed by atoms with E-state index in [4.69, 9.17) is 4.74 Å². The quantitative estimate of drug-likeness (QED) is 0.340. The minimum Gasteiger partial charge on any atom is -0.497 e. The first kappa shape index (κ1) is 20.3. The number of ketones is 1. The van der Waals surface area contributed by atoms with Crippen LogP contribution >= 0.6 is 0 Å². The topological polar surface area (TPSA) is 60.2 Å². The molecule has 0 aliphatic heterocycles. The molecule has 31 heavy (non-hydrogen) atoms. The van der Waals surface area contributed by atoms with E-state index >= 15 is 0 Å². The van der Waals surface area contributed by atoms with Crippen molar-refractivity contribution in [1.29, 1.82) is 0 Å². The Morgan fingerprint density at radius 2 is 1.77 bits per heavy atom. The lowest BCUT2D eigenvalue weighted by Crippen LogP contribution is -2.08. The van der Waals surface area contributed by atoms with Crippen molar-refractivity contribution in [2.45, 2.75) is 6.92 Å². The van der Waals surface area contributed by atoms with Gasteiger partial charge in [-0.05, 0) is 36.8 Å². The van der Waals surface area contributed by atoms with Crippen molar-refractivity contribution in [2.75, 3.05) is 21.2 Å². The SMILES string of the molecule is COc1ccc(-n2cnc3nc(C)c(C(=O)C=CN(C)C)c(-c4ccccc4)c32)cc1. The first-order valence-corrected chi connectivity index (χ1v) is 9.96. The highest BCUT2D eigenvalue weighted by Crippen LogP contribution is 2.34. The standard InChI is InChI=1S/C25H24N4O2/c1-17-22(21(30)14-15-28(2)3)23(18-8-6-5-7-9-18)24-25(27-17)26-16-29(24)19-10-12-20(31-4)13-11-19/h5-16H,1-4H3. The zero-order chi connectivity index (χ0) is 22.0. The molecule has 2 aromatic heterocycles. The number of nitrogens with zero attached hydrogens (tertiary/aromatic N) is 4. The minimum atomic E-state index is -0.0954. The summed E-state index contributed by atoms with van der Waals surface area (Å²) in [7, 11) is 5.41. The monoisotopic (exact) mass is 412 g/mol. The van der Waals surface area contributed by atoms with E-state index in [9.17, 15) is 4.79 Å². The predicted octanol–water partition coefficient (Wildman–Crippen LogP) is 4.66. The van der Waals surface area contributed by atoms with Gasteiger partial charge < -0.3 is 9.64 Å². The molecule has 0 unspecified atom stereocenters. The van der Waals surface area contributed by atoms with Crippen molar-refractivity contribution in [1.82, 2.24) is 19.4 Å². The van der Waals surface area contributed by atoms with Crippen LogP contribution in [0.15, 0.2) is 73.2 Å². The molecule has 0 saturated carbocycles. The minimum absolute atomic E-state index is 0.0954. The average Bonchev–Trinajstić information content (AvgIpc) is 3.20. The summed E-state index contributed by atoms with van der Waals surface area (Å²) < 4.78 is 7.25. The number of carbonyl (C=O) groups is 1. The van der Waals surface area contributed by atoms with Gasteiger partial charge in [0.2, 0.25) is 0 Å².